The van der Waals surface area contributed by atoms with E-state index in [1.54, 1.807) is 24.3 Å². The molecule has 0 aromatic heterocycles. The normalized spacial score (nSPS) is 24.4. The van der Waals surface area contributed by atoms with Crippen LogP contribution < -0.4 is 4.90 Å². The van der Waals surface area contributed by atoms with Crippen LogP contribution in [0.4, 0.5) is 10.1 Å². The number of amides is 2. The van der Waals surface area contributed by atoms with Crippen LogP contribution in [0.25, 0.3) is 0 Å². The van der Waals surface area contributed by atoms with Crippen molar-refractivity contribution in [1.29, 1.82) is 0 Å². The standard InChI is InChI=1S/C28H20FNO5/c1-14-7-12-18(13-15(14)2)30-26(33)21-22(27(30)34)28(35-23(21)16-8-10-17(29)11-9-16)24(31)19-5-3-4-6-20(19)25(28)32/h3-13,21-23H,1-2H3. The number of anilines is 1. The summed E-state index contributed by atoms with van der Waals surface area (Å²) in [4.78, 5) is 56.2. The van der Waals surface area contributed by atoms with Gasteiger partial charge >= 0.3 is 0 Å². The summed E-state index contributed by atoms with van der Waals surface area (Å²) in [6.45, 7) is 3.79. The quantitative estimate of drug-likeness (QED) is 0.416. The molecule has 2 fully saturated rings. The van der Waals surface area contributed by atoms with E-state index >= 15 is 0 Å². The summed E-state index contributed by atoms with van der Waals surface area (Å²) in [5.41, 5.74) is 0.866. The summed E-state index contributed by atoms with van der Waals surface area (Å²) in [7, 11) is 0. The lowest BCUT2D eigenvalue weighted by molar-refractivity contribution is -0.127. The van der Waals surface area contributed by atoms with E-state index in [0.29, 0.717) is 11.3 Å². The summed E-state index contributed by atoms with van der Waals surface area (Å²) < 4.78 is 19.8. The minimum Gasteiger partial charge on any atom is -0.349 e. The van der Waals surface area contributed by atoms with Gasteiger partial charge in [0.1, 0.15) is 5.82 Å². The molecule has 7 heteroatoms. The maximum absolute atomic E-state index is 13.9. The number of imide groups is 1. The van der Waals surface area contributed by atoms with Crippen molar-refractivity contribution in [2.45, 2.75) is 25.6 Å². The number of hydrogen-bond donors (Lipinski definition) is 0. The monoisotopic (exact) mass is 469 g/mol. The number of ether oxygens (including phenoxy) is 1. The highest BCUT2D eigenvalue weighted by molar-refractivity contribution is 6.37. The van der Waals surface area contributed by atoms with Gasteiger partial charge in [0.15, 0.2) is 0 Å². The third-order valence-corrected chi connectivity index (χ3v) is 7.47. The Hall–Kier alpha value is -3.97. The fraction of sp³-hybridized carbons (Fsp3) is 0.214. The molecular weight excluding hydrogens is 449 g/mol. The highest BCUT2D eigenvalue weighted by atomic mass is 19.1. The number of aryl methyl sites for hydroxylation is 2. The molecule has 174 valence electrons. The zero-order chi connectivity index (χ0) is 24.6. The van der Waals surface area contributed by atoms with Crippen LogP contribution in [-0.2, 0) is 14.3 Å². The zero-order valence-corrected chi connectivity index (χ0v) is 18.9. The Morgan fingerprint density at radius 2 is 1.43 bits per heavy atom. The van der Waals surface area contributed by atoms with E-state index in [9.17, 15) is 23.6 Å². The van der Waals surface area contributed by atoms with Crippen LogP contribution in [0.1, 0.15) is 43.5 Å². The largest absolute Gasteiger partial charge is 0.349 e. The van der Waals surface area contributed by atoms with Gasteiger partial charge in [0.25, 0.3) is 0 Å². The van der Waals surface area contributed by atoms with E-state index in [0.717, 1.165) is 16.0 Å². The molecule has 2 heterocycles. The Bertz CT molecular complexity index is 1430. The van der Waals surface area contributed by atoms with E-state index in [4.69, 9.17) is 4.74 Å². The Balaban J connectivity index is 1.54. The van der Waals surface area contributed by atoms with Crippen LogP contribution in [-0.4, -0.2) is 29.0 Å². The molecule has 35 heavy (non-hydrogen) atoms. The second-order valence-corrected chi connectivity index (χ2v) is 9.31. The van der Waals surface area contributed by atoms with Gasteiger partial charge < -0.3 is 4.74 Å². The SMILES string of the molecule is Cc1ccc(N2C(=O)C3C(c4ccc(F)cc4)OC4(C(=O)c5ccccc5C4=O)C3C2=O)cc1C. The van der Waals surface area contributed by atoms with Crippen molar-refractivity contribution in [2.24, 2.45) is 11.8 Å². The highest BCUT2D eigenvalue weighted by Gasteiger charge is 2.74. The van der Waals surface area contributed by atoms with Crippen molar-refractivity contribution < 1.29 is 28.3 Å². The number of benzene rings is 3. The third-order valence-electron chi connectivity index (χ3n) is 7.47. The Morgan fingerprint density at radius 1 is 0.800 bits per heavy atom. The number of halogens is 1. The van der Waals surface area contributed by atoms with E-state index in [1.165, 1.54) is 36.4 Å². The lowest BCUT2D eigenvalue weighted by Gasteiger charge is -2.27. The average Bonchev–Trinajstić information content (AvgIpc) is 3.41. The van der Waals surface area contributed by atoms with Crippen molar-refractivity contribution in [1.82, 2.24) is 0 Å². The predicted molar refractivity (Wildman–Crippen MR) is 123 cm³/mol. The van der Waals surface area contributed by atoms with E-state index in [1.807, 2.05) is 19.9 Å². The minimum absolute atomic E-state index is 0.167. The molecule has 0 radical (unpaired) electrons. The second-order valence-electron chi connectivity index (χ2n) is 9.31. The number of nitrogens with zero attached hydrogens (tertiary/aromatic N) is 1. The first-order valence-corrected chi connectivity index (χ1v) is 11.3. The molecule has 0 bridgehead atoms. The number of hydrogen-bond acceptors (Lipinski definition) is 5. The van der Waals surface area contributed by atoms with Crippen LogP contribution in [0.3, 0.4) is 0 Å². The van der Waals surface area contributed by atoms with Gasteiger partial charge in [-0.15, -0.1) is 0 Å². The fourth-order valence-electron chi connectivity index (χ4n) is 5.59. The van der Waals surface area contributed by atoms with Crippen molar-refractivity contribution in [2.75, 3.05) is 4.90 Å². The first-order chi connectivity index (χ1) is 16.8. The van der Waals surface area contributed by atoms with E-state index < -0.39 is 52.7 Å². The molecule has 2 amide bonds. The number of carbonyl (C=O) groups is 4. The lowest BCUT2D eigenvalue weighted by atomic mass is 9.77. The van der Waals surface area contributed by atoms with E-state index in [2.05, 4.69) is 0 Å². The minimum atomic E-state index is -2.14. The maximum atomic E-state index is 13.9. The molecule has 3 aromatic carbocycles. The van der Waals surface area contributed by atoms with E-state index in [-0.39, 0.29) is 11.1 Å². The molecular formula is C28H20FNO5. The predicted octanol–water partition coefficient (Wildman–Crippen LogP) is 4.14. The number of fused-ring (bicyclic) bond motifs is 3. The first-order valence-electron chi connectivity index (χ1n) is 11.3. The molecule has 1 aliphatic carbocycles. The van der Waals surface area contributed by atoms with Gasteiger partial charge in [-0.1, -0.05) is 42.5 Å². The molecule has 3 aliphatic rings. The first kappa shape index (κ1) is 21.6. The fourth-order valence-corrected chi connectivity index (χ4v) is 5.59. The van der Waals surface area contributed by atoms with Gasteiger partial charge in [0.05, 0.1) is 23.6 Å². The summed E-state index contributed by atoms with van der Waals surface area (Å²) in [5, 5.41) is 0. The molecule has 3 unspecified atom stereocenters. The van der Waals surface area contributed by atoms with Crippen LogP contribution in [0.15, 0.2) is 66.7 Å². The molecule has 6 nitrogen and oxygen atoms in total. The number of rotatable bonds is 2. The van der Waals surface area contributed by atoms with Crippen molar-refractivity contribution in [3.63, 3.8) is 0 Å². The van der Waals surface area contributed by atoms with Gasteiger partial charge in [-0.05, 0) is 54.8 Å². The number of Topliss-reactive ketones (excluding diaryl/α,β-unsaturated/α-hetero) is 2. The smallest absolute Gasteiger partial charge is 0.241 e. The van der Waals surface area contributed by atoms with Gasteiger partial charge in [0, 0.05) is 11.1 Å². The average molecular weight is 469 g/mol. The van der Waals surface area contributed by atoms with Crippen molar-refractivity contribution in [3.05, 3.63) is 100 Å². The Kier molecular flexibility index (Phi) is 4.47. The highest BCUT2D eigenvalue weighted by Crippen LogP contribution is 2.57. The molecule has 0 saturated carbocycles. The van der Waals surface area contributed by atoms with Crippen LogP contribution in [0.2, 0.25) is 0 Å². The van der Waals surface area contributed by atoms with Gasteiger partial charge in [-0.2, -0.15) is 0 Å². The number of ketones is 2. The molecule has 3 atom stereocenters. The summed E-state index contributed by atoms with van der Waals surface area (Å²) >= 11 is 0. The summed E-state index contributed by atoms with van der Waals surface area (Å²) in [6, 6.07) is 16.9. The lowest BCUT2D eigenvalue weighted by Crippen LogP contribution is -2.51. The van der Waals surface area contributed by atoms with Crippen LogP contribution >= 0.6 is 0 Å². The molecule has 6 rings (SSSR count). The Labute approximate surface area is 200 Å². The molecule has 2 saturated heterocycles. The van der Waals surface area contributed by atoms with Crippen LogP contribution in [0.5, 0.6) is 0 Å². The van der Waals surface area contributed by atoms with Gasteiger partial charge in [-0.3, -0.25) is 19.2 Å². The number of carbonyl (C=O) groups excluding carboxylic acids is 4. The zero-order valence-electron chi connectivity index (χ0n) is 18.9. The second kappa shape index (κ2) is 7.26. The third kappa shape index (κ3) is 2.73. The van der Waals surface area contributed by atoms with Crippen molar-refractivity contribution in [3.8, 4) is 0 Å². The van der Waals surface area contributed by atoms with Crippen LogP contribution in [0, 0.1) is 31.5 Å². The van der Waals surface area contributed by atoms with Gasteiger partial charge in [-0.25, -0.2) is 9.29 Å². The molecule has 3 aromatic rings. The summed E-state index contributed by atoms with van der Waals surface area (Å²) in [5.74, 6) is -5.38. The van der Waals surface area contributed by atoms with Gasteiger partial charge in [0.2, 0.25) is 29.0 Å². The topological polar surface area (TPSA) is 80.8 Å². The summed E-state index contributed by atoms with van der Waals surface area (Å²) in [6.07, 6.45) is -1.07. The molecule has 0 N–H and O–H groups in total. The molecule has 2 aliphatic heterocycles. The Morgan fingerprint density at radius 3 is 2.03 bits per heavy atom. The maximum Gasteiger partial charge on any atom is 0.241 e. The molecule has 1 spiro atoms. The van der Waals surface area contributed by atoms with Crippen molar-refractivity contribution >= 4 is 29.1 Å².